The lowest BCUT2D eigenvalue weighted by atomic mass is 9.32. The Labute approximate surface area is 219 Å². The molecule has 36 heavy (non-hydrogen) atoms. The van der Waals surface area contributed by atoms with Crippen LogP contribution >= 0.6 is 0 Å². The molecule has 1 N–H and O–H groups in total. The van der Waals surface area contributed by atoms with Crippen molar-refractivity contribution in [3.05, 3.63) is 12.2 Å². The first-order valence-corrected chi connectivity index (χ1v) is 14.7. The number of carbonyl (C=O) groups is 2. The fraction of sp³-hybridized carbons (Fsp3) is 0.875. The average Bonchev–Trinajstić information content (AvgIpc) is 3.17. The highest BCUT2D eigenvalue weighted by atomic mass is 16.5. The third kappa shape index (κ3) is 3.17. The van der Waals surface area contributed by atoms with Crippen molar-refractivity contribution >= 4 is 11.9 Å². The number of aliphatic carboxylic acids is 1. The van der Waals surface area contributed by atoms with Crippen LogP contribution < -0.4 is 0 Å². The molecular weight excluding hydrogens is 448 g/mol. The van der Waals surface area contributed by atoms with Gasteiger partial charge in [0.2, 0.25) is 0 Å². The Balaban J connectivity index is 1.52. The largest absolute Gasteiger partial charge is 0.481 e. The Morgan fingerprint density at radius 1 is 0.806 bits per heavy atom. The number of allylic oxidation sites excluding steroid dienone is 1. The van der Waals surface area contributed by atoms with Crippen molar-refractivity contribution < 1.29 is 19.4 Å². The van der Waals surface area contributed by atoms with Crippen molar-refractivity contribution in [2.75, 3.05) is 0 Å². The fourth-order valence-electron chi connectivity index (χ4n) is 11.9. The summed E-state index contributed by atoms with van der Waals surface area (Å²) in [5, 5.41) is 10.5. The van der Waals surface area contributed by atoms with E-state index in [1.807, 2.05) is 0 Å². The van der Waals surface area contributed by atoms with Gasteiger partial charge in [0.15, 0.2) is 0 Å². The molecule has 5 rings (SSSR count). The Morgan fingerprint density at radius 2 is 1.50 bits per heavy atom. The van der Waals surface area contributed by atoms with Crippen LogP contribution in [0, 0.1) is 56.7 Å². The highest BCUT2D eigenvalue weighted by Gasteiger charge is 2.72. The van der Waals surface area contributed by atoms with Crippen LogP contribution in [0.4, 0.5) is 0 Å². The molecule has 5 fully saturated rings. The first-order valence-electron chi connectivity index (χ1n) is 14.7. The van der Waals surface area contributed by atoms with Crippen LogP contribution in [0.5, 0.6) is 0 Å². The molecule has 0 radical (unpaired) electrons. The van der Waals surface area contributed by atoms with Gasteiger partial charge in [0.05, 0.1) is 5.41 Å². The van der Waals surface area contributed by atoms with E-state index in [1.165, 1.54) is 24.8 Å². The van der Waals surface area contributed by atoms with E-state index in [0.29, 0.717) is 23.7 Å². The molecule has 0 saturated heterocycles. The zero-order chi connectivity index (χ0) is 26.5. The first kappa shape index (κ1) is 26.3. The van der Waals surface area contributed by atoms with Gasteiger partial charge in [-0.1, -0.05) is 46.8 Å². The first-order chi connectivity index (χ1) is 16.6. The van der Waals surface area contributed by atoms with Crippen molar-refractivity contribution in [1.82, 2.24) is 0 Å². The zero-order valence-corrected chi connectivity index (χ0v) is 23.9. The number of carboxylic acids is 1. The summed E-state index contributed by atoms with van der Waals surface area (Å²) >= 11 is 0. The zero-order valence-electron chi connectivity index (χ0n) is 23.9. The van der Waals surface area contributed by atoms with Crippen LogP contribution in [0.1, 0.15) is 113 Å². The lowest BCUT2D eigenvalue weighted by Crippen LogP contribution is -2.67. The molecule has 0 aromatic carbocycles. The lowest BCUT2D eigenvalue weighted by molar-refractivity contribution is -0.250. The molecule has 0 aliphatic heterocycles. The average molecular weight is 499 g/mol. The third-order valence-corrected chi connectivity index (χ3v) is 13.7. The van der Waals surface area contributed by atoms with E-state index in [9.17, 15) is 14.7 Å². The minimum Gasteiger partial charge on any atom is -0.481 e. The minimum absolute atomic E-state index is 0.00466. The topological polar surface area (TPSA) is 63.6 Å². The van der Waals surface area contributed by atoms with Crippen molar-refractivity contribution in [3.63, 3.8) is 0 Å². The molecule has 4 heteroatoms. The summed E-state index contributed by atoms with van der Waals surface area (Å²) in [4.78, 5) is 24.7. The van der Waals surface area contributed by atoms with Gasteiger partial charge in [-0.25, -0.2) is 0 Å². The quantitative estimate of drug-likeness (QED) is 0.320. The van der Waals surface area contributed by atoms with Gasteiger partial charge < -0.3 is 9.84 Å². The SMILES string of the molecule is C=C(C)[C@@H]1CCC2(C(=O)O)CC[C@]3(C)[C@H](CC[C@@H]4[C@@]5(C)CC[C@H](OC(C)=O)C(C)(C)[C@@H]5CC[C@]43C)[C@@H]12. The second-order valence-electron chi connectivity index (χ2n) is 15.1. The van der Waals surface area contributed by atoms with E-state index < -0.39 is 11.4 Å². The maximum absolute atomic E-state index is 12.8. The van der Waals surface area contributed by atoms with Gasteiger partial charge in [-0.05, 0) is 117 Å². The summed E-state index contributed by atoms with van der Waals surface area (Å²) in [6.07, 6.45) is 10.5. The highest BCUT2D eigenvalue weighted by molar-refractivity contribution is 5.76. The molecule has 4 nitrogen and oxygen atoms in total. The Hall–Kier alpha value is -1.32. The number of hydrogen-bond donors (Lipinski definition) is 1. The van der Waals surface area contributed by atoms with E-state index in [0.717, 1.165) is 44.9 Å². The van der Waals surface area contributed by atoms with Crippen LogP contribution in [0.3, 0.4) is 0 Å². The summed E-state index contributed by atoms with van der Waals surface area (Å²) < 4.78 is 5.88. The molecule has 0 spiro atoms. The molecule has 5 aliphatic carbocycles. The van der Waals surface area contributed by atoms with Gasteiger partial charge in [0.1, 0.15) is 6.10 Å². The molecule has 5 saturated carbocycles. The number of fused-ring (bicyclic) bond motifs is 7. The molecule has 0 aromatic heterocycles. The van der Waals surface area contributed by atoms with Gasteiger partial charge in [-0.15, -0.1) is 0 Å². The monoisotopic (exact) mass is 498 g/mol. The summed E-state index contributed by atoms with van der Waals surface area (Å²) in [5.74, 6) is 1.49. The van der Waals surface area contributed by atoms with Gasteiger partial charge >= 0.3 is 11.9 Å². The standard InChI is InChI=1S/C32H50O4/c1-19(2)21-11-16-32(27(34)35)18-17-30(7)22(26(21)32)9-10-24-29(6)14-13-25(36-20(3)33)28(4,5)23(29)12-15-31(24,30)8/h21-26H,1,9-18H2,2-8H3,(H,34,35)/t21-,22+,23-,24+,25-,26+,29-,30+,31+,32?/m0/s1. The van der Waals surface area contributed by atoms with Crippen LogP contribution in [-0.4, -0.2) is 23.1 Å². The number of carbonyl (C=O) groups excluding carboxylic acids is 1. The molecule has 0 heterocycles. The fourth-order valence-corrected chi connectivity index (χ4v) is 11.9. The number of ether oxygens (including phenoxy) is 1. The summed E-state index contributed by atoms with van der Waals surface area (Å²) in [5.41, 5.74) is 1.20. The van der Waals surface area contributed by atoms with Gasteiger partial charge in [-0.2, -0.15) is 0 Å². The number of hydrogen-bond acceptors (Lipinski definition) is 3. The summed E-state index contributed by atoms with van der Waals surface area (Å²) in [6, 6.07) is 0. The van der Waals surface area contributed by atoms with Gasteiger partial charge in [0, 0.05) is 12.3 Å². The van der Waals surface area contributed by atoms with E-state index in [4.69, 9.17) is 4.74 Å². The second-order valence-corrected chi connectivity index (χ2v) is 15.1. The maximum Gasteiger partial charge on any atom is 0.309 e. The van der Waals surface area contributed by atoms with Crippen LogP contribution in [-0.2, 0) is 14.3 Å². The summed E-state index contributed by atoms with van der Waals surface area (Å²) in [7, 11) is 0. The third-order valence-electron chi connectivity index (χ3n) is 13.7. The summed E-state index contributed by atoms with van der Waals surface area (Å²) in [6.45, 7) is 20.4. The predicted octanol–water partition coefficient (Wildman–Crippen LogP) is 7.66. The second kappa shape index (κ2) is 8.09. The van der Waals surface area contributed by atoms with E-state index >= 15 is 0 Å². The Bertz CT molecular complexity index is 967. The Morgan fingerprint density at radius 3 is 2.11 bits per heavy atom. The normalized spacial score (nSPS) is 51.2. The Kier molecular flexibility index (Phi) is 5.91. The predicted molar refractivity (Wildman–Crippen MR) is 142 cm³/mol. The minimum atomic E-state index is -0.553. The van der Waals surface area contributed by atoms with Crippen molar-refractivity contribution in [3.8, 4) is 0 Å². The van der Waals surface area contributed by atoms with Gasteiger partial charge in [0.25, 0.3) is 0 Å². The van der Waals surface area contributed by atoms with E-state index in [-0.39, 0.29) is 39.7 Å². The van der Waals surface area contributed by atoms with Gasteiger partial charge in [-0.3, -0.25) is 9.59 Å². The highest BCUT2D eigenvalue weighted by Crippen LogP contribution is 2.77. The van der Waals surface area contributed by atoms with Crippen molar-refractivity contribution in [2.24, 2.45) is 56.7 Å². The molecule has 0 aromatic rings. The van der Waals surface area contributed by atoms with Crippen LogP contribution in [0.2, 0.25) is 0 Å². The van der Waals surface area contributed by atoms with Crippen LogP contribution in [0.15, 0.2) is 12.2 Å². The molecule has 5 aliphatic rings. The van der Waals surface area contributed by atoms with E-state index in [1.54, 1.807) is 6.92 Å². The van der Waals surface area contributed by atoms with Crippen LogP contribution in [0.25, 0.3) is 0 Å². The van der Waals surface area contributed by atoms with E-state index in [2.05, 4.69) is 48.1 Å². The molecule has 202 valence electrons. The lowest BCUT2D eigenvalue weighted by Gasteiger charge is -2.72. The number of esters is 1. The molecule has 0 bridgehead atoms. The number of carboxylic acid groups (broad SMARTS) is 1. The van der Waals surface area contributed by atoms with Crippen molar-refractivity contribution in [2.45, 2.75) is 119 Å². The number of rotatable bonds is 3. The maximum atomic E-state index is 12.8. The molecule has 0 amide bonds. The smallest absolute Gasteiger partial charge is 0.309 e. The molecule has 1 unspecified atom stereocenters. The molecule has 10 atom stereocenters. The van der Waals surface area contributed by atoms with Crippen molar-refractivity contribution in [1.29, 1.82) is 0 Å². The molecular formula is C32H50O4.